The number of hydrogen-bond acceptors (Lipinski definition) is 5. The summed E-state index contributed by atoms with van der Waals surface area (Å²) in [4.78, 5) is 29.7. The second kappa shape index (κ2) is 8.19. The van der Waals surface area contributed by atoms with Crippen molar-refractivity contribution in [3.8, 4) is 11.3 Å². The Kier molecular flexibility index (Phi) is 5.92. The van der Waals surface area contributed by atoms with Crippen molar-refractivity contribution in [1.29, 1.82) is 0 Å². The lowest BCUT2D eigenvalue weighted by Gasteiger charge is -2.19. The highest BCUT2D eigenvalue weighted by Gasteiger charge is 2.24. The molecule has 2 amide bonds. The molecule has 0 radical (unpaired) electrons. The molecule has 0 fully saturated rings. The van der Waals surface area contributed by atoms with E-state index in [-0.39, 0.29) is 17.7 Å². The van der Waals surface area contributed by atoms with Gasteiger partial charge in [0.2, 0.25) is 5.91 Å². The van der Waals surface area contributed by atoms with Crippen LogP contribution in [0.5, 0.6) is 0 Å². The Bertz CT molecular complexity index is 860. The summed E-state index contributed by atoms with van der Waals surface area (Å²) in [5.41, 5.74) is 3.83. The standard InChI is InChI=1S/C20H25N3O3S/c1-5-26-18(11(2)3)19(25)23-20-22-17(12(4)27-20)14-6-8-15-13(10-14)7-9-16(24)21-15/h6,8,10-11,18H,5,7,9H2,1-4H3,(H,21,24)(H,22,23,25). The van der Waals surface area contributed by atoms with Gasteiger partial charge in [-0.05, 0) is 43.9 Å². The van der Waals surface area contributed by atoms with Crippen LogP contribution in [0.3, 0.4) is 0 Å². The molecule has 0 spiro atoms. The Morgan fingerprint density at radius 2 is 2.15 bits per heavy atom. The average Bonchev–Trinajstić information content (AvgIpc) is 2.98. The molecule has 6 nitrogen and oxygen atoms in total. The lowest BCUT2D eigenvalue weighted by Crippen LogP contribution is -2.34. The second-order valence-corrected chi connectivity index (χ2v) is 8.16. The fourth-order valence-electron chi connectivity index (χ4n) is 3.18. The fraction of sp³-hybridized carbons (Fsp3) is 0.450. The molecule has 1 aromatic heterocycles. The summed E-state index contributed by atoms with van der Waals surface area (Å²) in [6.45, 7) is 8.29. The van der Waals surface area contributed by atoms with Crippen LogP contribution in [0.2, 0.25) is 0 Å². The molecular formula is C20H25N3O3S. The van der Waals surface area contributed by atoms with E-state index in [9.17, 15) is 9.59 Å². The molecule has 2 aromatic rings. The lowest BCUT2D eigenvalue weighted by atomic mass is 9.99. The zero-order valence-electron chi connectivity index (χ0n) is 16.1. The molecule has 2 N–H and O–H groups in total. The van der Waals surface area contributed by atoms with Crippen LogP contribution in [0.4, 0.5) is 10.8 Å². The molecule has 2 heterocycles. The van der Waals surface area contributed by atoms with Crippen molar-refractivity contribution in [1.82, 2.24) is 4.98 Å². The summed E-state index contributed by atoms with van der Waals surface area (Å²) >= 11 is 1.45. The molecule has 1 aliphatic heterocycles. The van der Waals surface area contributed by atoms with Crippen molar-refractivity contribution in [3.63, 3.8) is 0 Å². The van der Waals surface area contributed by atoms with Crippen LogP contribution in [0, 0.1) is 12.8 Å². The maximum Gasteiger partial charge on any atom is 0.255 e. The third kappa shape index (κ3) is 4.36. The SMILES string of the molecule is CCOC(C(=O)Nc1nc(-c2ccc3c(c2)CCC(=O)N3)c(C)s1)C(C)C. The normalized spacial score (nSPS) is 14.6. The first-order chi connectivity index (χ1) is 12.9. The fourth-order valence-corrected chi connectivity index (χ4v) is 4.01. The summed E-state index contributed by atoms with van der Waals surface area (Å²) in [5, 5.41) is 6.36. The molecule has 1 aliphatic rings. The van der Waals surface area contributed by atoms with Crippen molar-refractivity contribution in [2.75, 3.05) is 17.2 Å². The average molecular weight is 388 g/mol. The van der Waals surface area contributed by atoms with Gasteiger partial charge in [-0.15, -0.1) is 11.3 Å². The summed E-state index contributed by atoms with van der Waals surface area (Å²) in [6.07, 6.45) is 0.739. The molecule has 0 bridgehead atoms. The molecule has 3 rings (SSSR count). The number of anilines is 2. The van der Waals surface area contributed by atoms with Crippen LogP contribution in [0.1, 0.15) is 37.6 Å². The van der Waals surface area contributed by atoms with Gasteiger partial charge >= 0.3 is 0 Å². The number of hydrogen-bond donors (Lipinski definition) is 2. The third-order valence-electron chi connectivity index (χ3n) is 4.51. The van der Waals surface area contributed by atoms with Crippen molar-refractivity contribution in [2.45, 2.75) is 46.6 Å². The molecule has 0 saturated carbocycles. The molecule has 0 aliphatic carbocycles. The van der Waals surface area contributed by atoms with Gasteiger partial charge in [0.1, 0.15) is 6.10 Å². The second-order valence-electron chi connectivity index (χ2n) is 6.95. The number of carbonyl (C=O) groups excluding carboxylic acids is 2. The Morgan fingerprint density at radius 3 is 2.85 bits per heavy atom. The van der Waals surface area contributed by atoms with E-state index >= 15 is 0 Å². The molecule has 1 aromatic carbocycles. The van der Waals surface area contributed by atoms with Crippen LogP contribution < -0.4 is 10.6 Å². The van der Waals surface area contributed by atoms with Gasteiger partial charge in [0, 0.05) is 29.2 Å². The number of rotatable bonds is 6. The number of ether oxygens (including phenoxy) is 1. The minimum absolute atomic E-state index is 0.0547. The molecule has 0 saturated heterocycles. The first kappa shape index (κ1) is 19.5. The van der Waals surface area contributed by atoms with Crippen LogP contribution in [0.25, 0.3) is 11.3 Å². The van der Waals surface area contributed by atoms with Gasteiger partial charge in [-0.2, -0.15) is 0 Å². The smallest absolute Gasteiger partial charge is 0.255 e. The molecule has 1 unspecified atom stereocenters. The van der Waals surface area contributed by atoms with Crippen molar-refractivity contribution < 1.29 is 14.3 Å². The van der Waals surface area contributed by atoms with E-state index in [0.29, 0.717) is 18.2 Å². The molecule has 7 heteroatoms. The summed E-state index contributed by atoms with van der Waals surface area (Å²) in [6, 6.07) is 5.94. The van der Waals surface area contributed by atoms with Crippen molar-refractivity contribution in [3.05, 3.63) is 28.6 Å². The van der Waals surface area contributed by atoms with Gasteiger partial charge < -0.3 is 10.1 Å². The number of aryl methyl sites for hydroxylation is 2. The number of carbonyl (C=O) groups is 2. The minimum Gasteiger partial charge on any atom is -0.368 e. The molecular weight excluding hydrogens is 362 g/mol. The largest absolute Gasteiger partial charge is 0.368 e. The minimum atomic E-state index is -0.491. The summed E-state index contributed by atoms with van der Waals surface area (Å²) < 4.78 is 5.56. The summed E-state index contributed by atoms with van der Waals surface area (Å²) in [7, 11) is 0. The van der Waals surface area contributed by atoms with Gasteiger partial charge in [-0.1, -0.05) is 19.9 Å². The van der Waals surface area contributed by atoms with Crippen LogP contribution >= 0.6 is 11.3 Å². The van der Waals surface area contributed by atoms with E-state index < -0.39 is 6.10 Å². The van der Waals surface area contributed by atoms with Crippen LogP contribution in [-0.4, -0.2) is 29.5 Å². The Hall–Kier alpha value is -2.25. The highest BCUT2D eigenvalue weighted by molar-refractivity contribution is 7.16. The molecule has 1 atom stereocenters. The van der Waals surface area contributed by atoms with E-state index in [1.54, 1.807) is 0 Å². The maximum atomic E-state index is 12.5. The first-order valence-corrected chi connectivity index (χ1v) is 10.0. The number of amides is 2. The number of benzene rings is 1. The zero-order chi connectivity index (χ0) is 19.6. The van der Waals surface area contributed by atoms with Crippen molar-refractivity contribution in [2.24, 2.45) is 5.92 Å². The Labute approximate surface area is 163 Å². The van der Waals surface area contributed by atoms with Crippen LogP contribution in [0.15, 0.2) is 18.2 Å². The Morgan fingerprint density at radius 1 is 1.37 bits per heavy atom. The topological polar surface area (TPSA) is 80.3 Å². The highest BCUT2D eigenvalue weighted by atomic mass is 32.1. The third-order valence-corrected chi connectivity index (χ3v) is 5.40. The predicted molar refractivity (Wildman–Crippen MR) is 108 cm³/mol. The number of fused-ring (bicyclic) bond motifs is 1. The van der Waals surface area contributed by atoms with E-state index in [2.05, 4.69) is 21.7 Å². The Balaban J connectivity index is 1.80. The number of aromatic nitrogens is 1. The zero-order valence-corrected chi connectivity index (χ0v) is 16.9. The monoisotopic (exact) mass is 387 g/mol. The van der Waals surface area contributed by atoms with E-state index in [4.69, 9.17) is 4.74 Å². The van der Waals surface area contributed by atoms with Crippen LogP contribution in [-0.2, 0) is 20.7 Å². The number of nitrogens with one attached hydrogen (secondary N) is 2. The van der Waals surface area contributed by atoms with E-state index in [1.807, 2.05) is 39.8 Å². The molecule has 144 valence electrons. The molecule has 27 heavy (non-hydrogen) atoms. The lowest BCUT2D eigenvalue weighted by molar-refractivity contribution is -0.129. The quantitative estimate of drug-likeness (QED) is 0.785. The van der Waals surface area contributed by atoms with Gasteiger partial charge in [-0.3, -0.25) is 14.9 Å². The van der Waals surface area contributed by atoms with Gasteiger partial charge in [0.15, 0.2) is 5.13 Å². The predicted octanol–water partition coefficient (Wildman–Crippen LogP) is 4.00. The maximum absolute atomic E-state index is 12.5. The summed E-state index contributed by atoms with van der Waals surface area (Å²) in [5.74, 6) is -0.0271. The number of thiazole rings is 1. The van der Waals surface area contributed by atoms with E-state index in [1.165, 1.54) is 11.3 Å². The van der Waals surface area contributed by atoms with E-state index in [0.717, 1.165) is 33.8 Å². The van der Waals surface area contributed by atoms with Gasteiger partial charge in [0.25, 0.3) is 5.91 Å². The highest BCUT2D eigenvalue weighted by Crippen LogP contribution is 2.34. The van der Waals surface area contributed by atoms with Gasteiger partial charge in [-0.25, -0.2) is 4.98 Å². The van der Waals surface area contributed by atoms with Gasteiger partial charge in [0.05, 0.1) is 5.69 Å². The first-order valence-electron chi connectivity index (χ1n) is 9.22. The van der Waals surface area contributed by atoms with Crippen molar-refractivity contribution >= 4 is 34.0 Å². The number of nitrogens with zero attached hydrogens (tertiary/aromatic N) is 1.